The predicted molar refractivity (Wildman–Crippen MR) is 79.8 cm³/mol. The number of carbonyl (C=O) groups excluding carboxylic acids is 2. The van der Waals surface area contributed by atoms with Gasteiger partial charge in [-0.2, -0.15) is 0 Å². The minimum absolute atomic E-state index is 0.186. The van der Waals surface area contributed by atoms with Crippen molar-refractivity contribution in [3.05, 3.63) is 33.3 Å². The number of benzene rings is 1. The van der Waals surface area contributed by atoms with Crippen molar-refractivity contribution in [1.29, 1.82) is 0 Å². The van der Waals surface area contributed by atoms with Crippen molar-refractivity contribution in [2.45, 2.75) is 25.3 Å². The molecule has 2 rings (SSSR count). The van der Waals surface area contributed by atoms with E-state index in [1.54, 1.807) is 23.1 Å². The van der Waals surface area contributed by atoms with Crippen LogP contribution in [0.15, 0.2) is 22.7 Å². The largest absolute Gasteiger partial charge is 0.467 e. The van der Waals surface area contributed by atoms with Gasteiger partial charge in [-0.15, -0.1) is 0 Å². The van der Waals surface area contributed by atoms with Crippen molar-refractivity contribution >= 4 is 39.4 Å². The van der Waals surface area contributed by atoms with Gasteiger partial charge in [-0.25, -0.2) is 4.79 Å². The molecule has 1 saturated heterocycles. The number of hydrogen-bond acceptors (Lipinski definition) is 3. The van der Waals surface area contributed by atoms with Gasteiger partial charge >= 0.3 is 5.97 Å². The first kappa shape index (κ1) is 15.3. The minimum atomic E-state index is -0.497. The monoisotopic (exact) mass is 359 g/mol. The van der Waals surface area contributed by atoms with Gasteiger partial charge in [-0.3, -0.25) is 4.79 Å². The second kappa shape index (κ2) is 6.59. The van der Waals surface area contributed by atoms with E-state index in [4.69, 9.17) is 16.3 Å². The zero-order valence-electron chi connectivity index (χ0n) is 11.1. The molecule has 0 aliphatic carbocycles. The van der Waals surface area contributed by atoms with Crippen LogP contribution in [-0.2, 0) is 9.53 Å². The first-order valence-corrected chi connectivity index (χ1v) is 7.55. The van der Waals surface area contributed by atoms with Crippen LogP contribution in [0.1, 0.15) is 29.6 Å². The van der Waals surface area contributed by atoms with E-state index in [0.717, 1.165) is 17.3 Å². The van der Waals surface area contributed by atoms with Gasteiger partial charge in [0.1, 0.15) is 6.04 Å². The molecule has 108 valence electrons. The van der Waals surface area contributed by atoms with Crippen LogP contribution < -0.4 is 0 Å². The number of ether oxygens (including phenoxy) is 1. The summed E-state index contributed by atoms with van der Waals surface area (Å²) in [6, 6.07) is 4.54. The van der Waals surface area contributed by atoms with Crippen molar-refractivity contribution in [1.82, 2.24) is 4.90 Å². The maximum Gasteiger partial charge on any atom is 0.328 e. The molecular formula is C14H15BrClNO3. The zero-order valence-corrected chi connectivity index (χ0v) is 13.4. The Bertz CT molecular complexity index is 535. The van der Waals surface area contributed by atoms with Crippen LogP contribution in [0, 0.1) is 0 Å². The number of nitrogens with zero attached hydrogens (tertiary/aromatic N) is 1. The summed E-state index contributed by atoms with van der Waals surface area (Å²) in [6.07, 6.45) is 2.46. The lowest BCUT2D eigenvalue weighted by Gasteiger charge is -2.33. The quantitative estimate of drug-likeness (QED) is 0.761. The summed E-state index contributed by atoms with van der Waals surface area (Å²) in [5, 5.41) is 0.475. The van der Waals surface area contributed by atoms with E-state index in [-0.39, 0.29) is 11.9 Å². The number of rotatable bonds is 2. The van der Waals surface area contributed by atoms with E-state index in [9.17, 15) is 9.59 Å². The Morgan fingerprint density at radius 2 is 2.15 bits per heavy atom. The van der Waals surface area contributed by atoms with Gasteiger partial charge in [0.2, 0.25) is 0 Å². The standard InChI is InChI=1S/C14H15BrClNO3/c1-20-14(19)12-4-2-3-7-17(12)13(18)9-5-6-10(15)11(16)8-9/h5-6,8,12H,2-4,7H2,1H3/t12-/m0/s1. The lowest BCUT2D eigenvalue weighted by Crippen LogP contribution is -2.48. The van der Waals surface area contributed by atoms with Crippen LogP contribution in [0.5, 0.6) is 0 Å². The number of piperidine rings is 1. The van der Waals surface area contributed by atoms with Gasteiger partial charge in [0.25, 0.3) is 5.91 Å². The number of likely N-dealkylation sites (tertiary alicyclic amines) is 1. The molecule has 20 heavy (non-hydrogen) atoms. The number of halogens is 2. The third-order valence-corrected chi connectivity index (χ3v) is 4.64. The fourth-order valence-electron chi connectivity index (χ4n) is 2.35. The average molecular weight is 361 g/mol. The fraction of sp³-hybridized carbons (Fsp3) is 0.429. The molecule has 0 bridgehead atoms. The number of methoxy groups -OCH3 is 1. The molecule has 1 heterocycles. The second-order valence-electron chi connectivity index (χ2n) is 4.66. The highest BCUT2D eigenvalue weighted by Gasteiger charge is 2.33. The van der Waals surface area contributed by atoms with Gasteiger partial charge < -0.3 is 9.64 Å². The van der Waals surface area contributed by atoms with Crippen molar-refractivity contribution in [3.8, 4) is 0 Å². The molecule has 1 fully saturated rings. The number of carbonyl (C=O) groups is 2. The topological polar surface area (TPSA) is 46.6 Å². The van der Waals surface area contributed by atoms with E-state index in [1.165, 1.54) is 7.11 Å². The highest BCUT2D eigenvalue weighted by atomic mass is 79.9. The van der Waals surface area contributed by atoms with Crippen LogP contribution in [0.2, 0.25) is 5.02 Å². The third-order valence-electron chi connectivity index (χ3n) is 3.40. The summed E-state index contributed by atoms with van der Waals surface area (Å²) >= 11 is 9.30. The zero-order chi connectivity index (χ0) is 14.7. The number of amides is 1. The van der Waals surface area contributed by atoms with Crippen LogP contribution >= 0.6 is 27.5 Å². The Labute approximate surface area is 131 Å². The molecule has 0 unspecified atom stereocenters. The van der Waals surface area contributed by atoms with E-state index in [1.807, 2.05) is 0 Å². The van der Waals surface area contributed by atoms with E-state index in [2.05, 4.69) is 15.9 Å². The fourth-order valence-corrected chi connectivity index (χ4v) is 2.78. The summed E-state index contributed by atoms with van der Waals surface area (Å²) in [4.78, 5) is 25.9. The Kier molecular flexibility index (Phi) is 5.05. The molecule has 1 atom stereocenters. The van der Waals surface area contributed by atoms with Crippen molar-refractivity contribution in [2.24, 2.45) is 0 Å². The predicted octanol–water partition coefficient (Wildman–Crippen LogP) is 3.27. The maximum absolute atomic E-state index is 12.5. The van der Waals surface area contributed by atoms with Gasteiger partial charge in [0, 0.05) is 16.6 Å². The molecule has 0 N–H and O–H groups in total. The molecule has 1 aromatic carbocycles. The lowest BCUT2D eigenvalue weighted by atomic mass is 10.0. The van der Waals surface area contributed by atoms with Gasteiger partial charge in [-0.1, -0.05) is 11.6 Å². The van der Waals surface area contributed by atoms with Crippen LogP contribution in [0.4, 0.5) is 0 Å². The van der Waals surface area contributed by atoms with Crippen LogP contribution in [0.25, 0.3) is 0 Å². The Balaban J connectivity index is 2.25. The molecule has 0 spiro atoms. The number of hydrogen-bond donors (Lipinski definition) is 0. The summed E-state index contributed by atoms with van der Waals surface area (Å²) in [5.41, 5.74) is 0.481. The molecule has 0 aromatic heterocycles. The van der Waals surface area contributed by atoms with E-state index < -0.39 is 6.04 Å². The Morgan fingerprint density at radius 1 is 1.40 bits per heavy atom. The van der Waals surface area contributed by atoms with Crippen molar-refractivity contribution < 1.29 is 14.3 Å². The van der Waals surface area contributed by atoms with Gasteiger partial charge in [0.05, 0.1) is 12.1 Å². The second-order valence-corrected chi connectivity index (χ2v) is 5.92. The van der Waals surface area contributed by atoms with E-state index in [0.29, 0.717) is 23.6 Å². The molecule has 1 aliphatic heterocycles. The smallest absolute Gasteiger partial charge is 0.328 e. The maximum atomic E-state index is 12.5. The molecule has 1 aromatic rings. The van der Waals surface area contributed by atoms with Gasteiger partial charge in [-0.05, 0) is 53.4 Å². The molecule has 6 heteroatoms. The highest BCUT2D eigenvalue weighted by Crippen LogP contribution is 2.26. The minimum Gasteiger partial charge on any atom is -0.467 e. The molecule has 4 nitrogen and oxygen atoms in total. The van der Waals surface area contributed by atoms with Crippen LogP contribution in [0.3, 0.4) is 0 Å². The lowest BCUT2D eigenvalue weighted by molar-refractivity contribution is -0.147. The average Bonchev–Trinajstić information content (AvgIpc) is 2.48. The summed E-state index contributed by atoms with van der Waals surface area (Å²) < 4.78 is 5.52. The SMILES string of the molecule is COC(=O)[C@@H]1CCCCN1C(=O)c1ccc(Br)c(Cl)c1. The van der Waals surface area contributed by atoms with Crippen LogP contribution in [-0.4, -0.2) is 36.5 Å². The molecular weight excluding hydrogens is 346 g/mol. The van der Waals surface area contributed by atoms with Crippen molar-refractivity contribution in [3.63, 3.8) is 0 Å². The third kappa shape index (κ3) is 3.15. The Morgan fingerprint density at radius 3 is 2.80 bits per heavy atom. The first-order chi connectivity index (χ1) is 9.54. The molecule has 1 amide bonds. The summed E-state index contributed by atoms with van der Waals surface area (Å²) in [7, 11) is 1.34. The summed E-state index contributed by atoms with van der Waals surface area (Å²) in [5.74, 6) is -0.546. The molecule has 1 aliphatic rings. The molecule has 0 radical (unpaired) electrons. The number of esters is 1. The summed E-state index contributed by atoms with van der Waals surface area (Å²) in [6.45, 7) is 0.562. The highest BCUT2D eigenvalue weighted by molar-refractivity contribution is 9.10. The first-order valence-electron chi connectivity index (χ1n) is 6.38. The normalized spacial score (nSPS) is 18.8. The van der Waals surface area contributed by atoms with E-state index >= 15 is 0 Å². The Hall–Kier alpha value is -1.07. The van der Waals surface area contributed by atoms with Gasteiger partial charge in [0.15, 0.2) is 0 Å². The molecule has 0 saturated carbocycles. The van der Waals surface area contributed by atoms with Crippen molar-refractivity contribution in [2.75, 3.05) is 13.7 Å².